The standard InChI is InChI=1S/C19H18Cl2O2S2/c20-16-6-2-14(3-7-16)18(22)12-24-10-1-11-25-13-19(23)15-4-8-17(21)9-5-15/h2-9H,1,10-13H2. The van der Waals surface area contributed by atoms with Gasteiger partial charge in [-0.2, -0.15) is 23.5 Å². The van der Waals surface area contributed by atoms with Crippen LogP contribution < -0.4 is 0 Å². The maximum Gasteiger partial charge on any atom is 0.172 e. The summed E-state index contributed by atoms with van der Waals surface area (Å²) in [5.41, 5.74) is 1.39. The van der Waals surface area contributed by atoms with Crippen LogP contribution in [0.15, 0.2) is 48.5 Å². The highest BCUT2D eigenvalue weighted by atomic mass is 35.5. The zero-order chi connectivity index (χ0) is 18.1. The van der Waals surface area contributed by atoms with Gasteiger partial charge < -0.3 is 0 Å². The van der Waals surface area contributed by atoms with Gasteiger partial charge in [-0.3, -0.25) is 9.59 Å². The number of hydrogen-bond acceptors (Lipinski definition) is 4. The van der Waals surface area contributed by atoms with E-state index in [0.29, 0.717) is 32.7 Å². The van der Waals surface area contributed by atoms with Gasteiger partial charge >= 0.3 is 0 Å². The molecule has 132 valence electrons. The number of hydrogen-bond donors (Lipinski definition) is 0. The molecule has 6 heteroatoms. The summed E-state index contributed by atoms with van der Waals surface area (Å²) >= 11 is 14.9. The third-order valence-corrected chi connectivity index (χ3v) is 5.97. The molecule has 0 radical (unpaired) electrons. The normalized spacial score (nSPS) is 10.6. The SMILES string of the molecule is O=C(CSCCCSCC(=O)c1ccc(Cl)cc1)c1ccc(Cl)cc1. The Bertz CT molecular complexity index is 639. The summed E-state index contributed by atoms with van der Waals surface area (Å²) in [5.74, 6) is 2.98. The summed E-state index contributed by atoms with van der Waals surface area (Å²) in [4.78, 5) is 24.0. The number of benzene rings is 2. The second-order valence-electron chi connectivity index (χ2n) is 5.32. The topological polar surface area (TPSA) is 34.1 Å². The number of Topliss-reactive ketones (excluding diaryl/α,β-unsaturated/α-hetero) is 2. The number of halogens is 2. The van der Waals surface area contributed by atoms with Crippen LogP contribution in [-0.2, 0) is 0 Å². The number of thioether (sulfide) groups is 2. The van der Waals surface area contributed by atoms with Crippen molar-refractivity contribution in [3.05, 3.63) is 69.7 Å². The van der Waals surface area contributed by atoms with Crippen molar-refractivity contribution in [3.63, 3.8) is 0 Å². The molecule has 2 aromatic carbocycles. The second-order valence-corrected chi connectivity index (χ2v) is 8.40. The lowest BCUT2D eigenvalue weighted by Crippen LogP contribution is -2.04. The molecule has 0 aliphatic carbocycles. The van der Waals surface area contributed by atoms with Gasteiger partial charge in [0.25, 0.3) is 0 Å². The van der Waals surface area contributed by atoms with Crippen LogP contribution in [0.4, 0.5) is 0 Å². The molecular formula is C19H18Cl2O2S2. The zero-order valence-electron chi connectivity index (χ0n) is 13.5. The molecule has 0 saturated heterocycles. The predicted octanol–water partition coefficient (Wildman–Crippen LogP) is 5.92. The molecule has 2 aromatic rings. The quantitative estimate of drug-likeness (QED) is 0.358. The first kappa shape index (κ1) is 20.4. The first-order valence-corrected chi connectivity index (χ1v) is 10.9. The second kappa shape index (κ2) is 10.9. The third kappa shape index (κ3) is 7.45. The van der Waals surface area contributed by atoms with Crippen LogP contribution >= 0.6 is 46.7 Å². The van der Waals surface area contributed by atoms with Crippen molar-refractivity contribution in [2.24, 2.45) is 0 Å². The van der Waals surface area contributed by atoms with Crippen LogP contribution in [0.1, 0.15) is 27.1 Å². The molecule has 0 saturated carbocycles. The average Bonchev–Trinajstić information content (AvgIpc) is 2.61. The lowest BCUT2D eigenvalue weighted by atomic mass is 10.1. The minimum atomic E-state index is 0.118. The van der Waals surface area contributed by atoms with Crippen LogP contribution in [0.5, 0.6) is 0 Å². The van der Waals surface area contributed by atoms with Gasteiger partial charge in [0.2, 0.25) is 0 Å². The van der Waals surface area contributed by atoms with Crippen LogP contribution in [-0.4, -0.2) is 34.6 Å². The molecule has 0 atom stereocenters. The van der Waals surface area contributed by atoms with E-state index in [-0.39, 0.29) is 11.6 Å². The molecule has 0 aliphatic rings. The fourth-order valence-electron chi connectivity index (χ4n) is 2.03. The molecule has 0 bridgehead atoms. The summed E-state index contributed by atoms with van der Waals surface area (Å²) in [5, 5.41) is 1.27. The van der Waals surface area contributed by atoms with E-state index in [2.05, 4.69) is 0 Å². The van der Waals surface area contributed by atoms with Gasteiger partial charge in [-0.25, -0.2) is 0 Å². The first-order valence-electron chi connectivity index (χ1n) is 7.79. The van der Waals surface area contributed by atoms with E-state index in [9.17, 15) is 9.59 Å². The Hall–Kier alpha value is -0.940. The van der Waals surface area contributed by atoms with Crippen molar-refractivity contribution in [2.45, 2.75) is 6.42 Å². The highest BCUT2D eigenvalue weighted by Gasteiger charge is 2.07. The Morgan fingerprint density at radius 2 is 1.04 bits per heavy atom. The van der Waals surface area contributed by atoms with Crippen molar-refractivity contribution in [3.8, 4) is 0 Å². The lowest BCUT2D eigenvalue weighted by Gasteiger charge is -2.03. The van der Waals surface area contributed by atoms with Gasteiger partial charge in [-0.1, -0.05) is 23.2 Å². The minimum Gasteiger partial charge on any atom is -0.293 e. The van der Waals surface area contributed by atoms with Gasteiger partial charge in [0.1, 0.15) is 0 Å². The Morgan fingerprint density at radius 3 is 1.40 bits per heavy atom. The molecule has 2 nitrogen and oxygen atoms in total. The van der Waals surface area contributed by atoms with Crippen LogP contribution in [0, 0.1) is 0 Å². The first-order chi connectivity index (χ1) is 12.1. The minimum absolute atomic E-state index is 0.118. The van der Waals surface area contributed by atoms with Crippen molar-refractivity contribution in [2.75, 3.05) is 23.0 Å². The van der Waals surface area contributed by atoms with Gasteiger partial charge in [0.15, 0.2) is 11.6 Å². The predicted molar refractivity (Wildman–Crippen MR) is 111 cm³/mol. The van der Waals surface area contributed by atoms with Gasteiger partial charge in [-0.05, 0) is 66.5 Å². The van der Waals surface area contributed by atoms with Gasteiger partial charge in [-0.15, -0.1) is 0 Å². The largest absolute Gasteiger partial charge is 0.293 e. The van der Waals surface area contributed by atoms with Crippen molar-refractivity contribution < 1.29 is 9.59 Å². The molecule has 0 aliphatic heterocycles. The maximum atomic E-state index is 12.0. The van der Waals surface area contributed by atoms with Crippen molar-refractivity contribution in [1.82, 2.24) is 0 Å². The van der Waals surface area contributed by atoms with Crippen LogP contribution in [0.2, 0.25) is 10.0 Å². The summed E-state index contributed by atoms with van der Waals surface area (Å²) in [6.07, 6.45) is 0.969. The molecule has 0 heterocycles. The van der Waals surface area contributed by atoms with E-state index >= 15 is 0 Å². The number of carbonyl (C=O) groups is 2. The summed E-state index contributed by atoms with van der Waals surface area (Å²) in [6, 6.07) is 13.9. The average molecular weight is 413 g/mol. The Labute approximate surface area is 166 Å². The molecule has 0 spiro atoms. The van der Waals surface area contributed by atoms with Gasteiger partial charge in [0, 0.05) is 21.2 Å². The Morgan fingerprint density at radius 1 is 0.680 bits per heavy atom. The number of carbonyl (C=O) groups excluding carboxylic acids is 2. The van der Waals surface area contributed by atoms with Crippen LogP contribution in [0.25, 0.3) is 0 Å². The van der Waals surface area contributed by atoms with E-state index in [4.69, 9.17) is 23.2 Å². The lowest BCUT2D eigenvalue weighted by molar-refractivity contribution is 0.101. The highest BCUT2D eigenvalue weighted by molar-refractivity contribution is 8.00. The molecular weight excluding hydrogens is 395 g/mol. The fourth-order valence-corrected chi connectivity index (χ4v) is 4.16. The van der Waals surface area contributed by atoms with Crippen LogP contribution in [0.3, 0.4) is 0 Å². The molecule has 0 N–H and O–H groups in total. The van der Waals surface area contributed by atoms with E-state index in [1.165, 1.54) is 0 Å². The molecule has 0 fully saturated rings. The highest BCUT2D eigenvalue weighted by Crippen LogP contribution is 2.15. The van der Waals surface area contributed by atoms with E-state index < -0.39 is 0 Å². The molecule has 0 aromatic heterocycles. The van der Waals surface area contributed by atoms with Crippen molar-refractivity contribution in [1.29, 1.82) is 0 Å². The molecule has 0 unspecified atom stereocenters. The smallest absolute Gasteiger partial charge is 0.172 e. The summed E-state index contributed by atoms with van der Waals surface area (Å²) in [6.45, 7) is 0. The number of ketones is 2. The maximum absolute atomic E-state index is 12.0. The van der Waals surface area contributed by atoms with Crippen molar-refractivity contribution >= 4 is 58.3 Å². The van der Waals surface area contributed by atoms with E-state index in [1.807, 2.05) is 0 Å². The fraction of sp³-hybridized carbons (Fsp3) is 0.263. The monoisotopic (exact) mass is 412 g/mol. The Kier molecular flexibility index (Phi) is 8.90. The summed E-state index contributed by atoms with van der Waals surface area (Å²) in [7, 11) is 0. The molecule has 2 rings (SSSR count). The number of rotatable bonds is 10. The Balaban J connectivity index is 1.56. The molecule has 25 heavy (non-hydrogen) atoms. The van der Waals surface area contributed by atoms with E-state index in [0.717, 1.165) is 17.9 Å². The third-order valence-electron chi connectivity index (χ3n) is 3.38. The summed E-state index contributed by atoms with van der Waals surface area (Å²) < 4.78 is 0. The van der Waals surface area contributed by atoms with E-state index in [1.54, 1.807) is 72.1 Å². The zero-order valence-corrected chi connectivity index (χ0v) is 16.7. The molecule has 0 amide bonds. The van der Waals surface area contributed by atoms with Gasteiger partial charge in [0.05, 0.1) is 11.5 Å².